The Hall–Kier alpha value is -1.82. The SMILES string of the molecule is COC1C(C(=O)Cc2ccccc2)=NC=CC1(CN)OC. The van der Waals surface area contributed by atoms with Crippen molar-refractivity contribution in [1.82, 2.24) is 0 Å². The van der Waals surface area contributed by atoms with E-state index in [4.69, 9.17) is 15.2 Å². The van der Waals surface area contributed by atoms with Gasteiger partial charge in [-0.25, -0.2) is 0 Å². The second-order valence-corrected chi connectivity index (χ2v) is 4.89. The molecule has 0 saturated carbocycles. The number of methoxy groups -OCH3 is 2. The fourth-order valence-electron chi connectivity index (χ4n) is 2.46. The van der Waals surface area contributed by atoms with Crippen LogP contribution in [-0.4, -0.2) is 44.0 Å². The molecule has 0 amide bonds. The van der Waals surface area contributed by atoms with Crippen LogP contribution in [0.15, 0.2) is 47.6 Å². The number of benzene rings is 1. The zero-order chi connectivity index (χ0) is 15.3. The van der Waals surface area contributed by atoms with Gasteiger partial charge < -0.3 is 15.2 Å². The third kappa shape index (κ3) is 3.10. The molecule has 1 aromatic carbocycles. The van der Waals surface area contributed by atoms with Gasteiger partial charge in [-0.05, 0) is 11.6 Å². The van der Waals surface area contributed by atoms with Crippen molar-refractivity contribution in [2.45, 2.75) is 18.1 Å². The topological polar surface area (TPSA) is 73.9 Å². The molecule has 2 unspecified atom stereocenters. The van der Waals surface area contributed by atoms with Gasteiger partial charge in [-0.2, -0.15) is 0 Å². The Balaban J connectivity index is 2.24. The monoisotopic (exact) mass is 288 g/mol. The molecule has 0 saturated heterocycles. The van der Waals surface area contributed by atoms with Gasteiger partial charge in [-0.1, -0.05) is 30.3 Å². The van der Waals surface area contributed by atoms with Gasteiger partial charge in [0.15, 0.2) is 5.78 Å². The van der Waals surface area contributed by atoms with Crippen LogP contribution in [0.1, 0.15) is 5.56 Å². The second-order valence-electron chi connectivity index (χ2n) is 4.89. The molecule has 0 fully saturated rings. The van der Waals surface area contributed by atoms with Gasteiger partial charge in [0, 0.05) is 33.4 Å². The molecule has 1 aliphatic rings. The zero-order valence-electron chi connectivity index (χ0n) is 12.3. The van der Waals surface area contributed by atoms with E-state index < -0.39 is 11.7 Å². The molecule has 2 N–H and O–H groups in total. The Kier molecular flexibility index (Phi) is 5.01. The van der Waals surface area contributed by atoms with E-state index in [0.29, 0.717) is 5.71 Å². The maximum atomic E-state index is 12.5. The van der Waals surface area contributed by atoms with Crippen LogP contribution in [0.5, 0.6) is 0 Å². The molecule has 0 aromatic heterocycles. The van der Waals surface area contributed by atoms with Crippen LogP contribution in [0.3, 0.4) is 0 Å². The predicted molar refractivity (Wildman–Crippen MR) is 81.3 cm³/mol. The largest absolute Gasteiger partial charge is 0.372 e. The highest BCUT2D eigenvalue weighted by atomic mass is 16.5. The summed E-state index contributed by atoms with van der Waals surface area (Å²) in [6.45, 7) is 0.205. The lowest BCUT2D eigenvalue weighted by molar-refractivity contribution is -0.114. The van der Waals surface area contributed by atoms with E-state index in [9.17, 15) is 4.79 Å². The molecule has 0 bridgehead atoms. The Morgan fingerprint density at radius 1 is 1.33 bits per heavy atom. The van der Waals surface area contributed by atoms with Crippen LogP contribution in [-0.2, 0) is 20.7 Å². The number of ketones is 1. The number of hydrogen-bond donors (Lipinski definition) is 1. The van der Waals surface area contributed by atoms with Crippen molar-refractivity contribution in [3.63, 3.8) is 0 Å². The summed E-state index contributed by atoms with van der Waals surface area (Å²) in [5, 5.41) is 0. The predicted octanol–water partition coefficient (Wildman–Crippen LogP) is 1.13. The first kappa shape index (κ1) is 15.6. The molecule has 1 aliphatic heterocycles. The van der Waals surface area contributed by atoms with Gasteiger partial charge in [-0.3, -0.25) is 9.79 Å². The number of hydrogen-bond acceptors (Lipinski definition) is 5. The summed E-state index contributed by atoms with van der Waals surface area (Å²) in [5.41, 5.74) is 6.24. The van der Waals surface area contributed by atoms with Crippen molar-refractivity contribution in [3.05, 3.63) is 48.2 Å². The molecule has 21 heavy (non-hydrogen) atoms. The molecule has 0 aliphatic carbocycles. The molecule has 112 valence electrons. The van der Waals surface area contributed by atoms with E-state index in [2.05, 4.69) is 4.99 Å². The van der Waals surface area contributed by atoms with Crippen LogP contribution in [0.25, 0.3) is 0 Å². The zero-order valence-corrected chi connectivity index (χ0v) is 12.3. The fraction of sp³-hybridized carbons (Fsp3) is 0.375. The fourth-order valence-corrected chi connectivity index (χ4v) is 2.46. The molecular formula is C16H20N2O3. The number of rotatable bonds is 6. The first-order valence-electron chi connectivity index (χ1n) is 6.77. The minimum atomic E-state index is -0.849. The van der Waals surface area contributed by atoms with Crippen molar-refractivity contribution in [1.29, 1.82) is 0 Å². The van der Waals surface area contributed by atoms with E-state index in [1.807, 2.05) is 30.3 Å². The highest BCUT2D eigenvalue weighted by molar-refractivity contribution is 6.42. The highest BCUT2D eigenvalue weighted by Crippen LogP contribution is 2.25. The van der Waals surface area contributed by atoms with Crippen molar-refractivity contribution in [2.75, 3.05) is 20.8 Å². The van der Waals surface area contributed by atoms with Crippen LogP contribution >= 0.6 is 0 Å². The number of nitrogens with zero attached hydrogens (tertiary/aromatic N) is 1. The van der Waals surface area contributed by atoms with Gasteiger partial charge in [0.25, 0.3) is 0 Å². The number of ether oxygens (including phenoxy) is 2. The van der Waals surface area contributed by atoms with Crippen molar-refractivity contribution in [3.8, 4) is 0 Å². The summed E-state index contributed by atoms with van der Waals surface area (Å²) >= 11 is 0. The standard InChI is InChI=1S/C16H20N2O3/c1-20-15-14(18-9-8-16(15,11-17)21-2)13(19)10-12-6-4-3-5-7-12/h3-9,15H,10-11,17H2,1-2H3. The normalized spacial score (nSPS) is 24.7. The lowest BCUT2D eigenvalue weighted by atomic mass is 9.87. The van der Waals surface area contributed by atoms with Gasteiger partial charge >= 0.3 is 0 Å². The molecule has 1 heterocycles. The van der Waals surface area contributed by atoms with Gasteiger partial charge in [0.05, 0.1) is 0 Å². The number of aliphatic imine (C=N–C) groups is 1. The average Bonchev–Trinajstić information content (AvgIpc) is 2.54. The molecule has 0 radical (unpaired) electrons. The summed E-state index contributed by atoms with van der Waals surface area (Å²) < 4.78 is 10.9. The van der Waals surface area contributed by atoms with E-state index in [1.54, 1.807) is 19.4 Å². The van der Waals surface area contributed by atoms with Crippen LogP contribution in [0.2, 0.25) is 0 Å². The van der Waals surface area contributed by atoms with Crippen LogP contribution < -0.4 is 5.73 Å². The lowest BCUT2D eigenvalue weighted by Crippen LogP contribution is -2.56. The minimum absolute atomic E-state index is 0.0905. The molecule has 5 heteroatoms. The van der Waals surface area contributed by atoms with Crippen LogP contribution in [0.4, 0.5) is 0 Å². The second kappa shape index (κ2) is 6.76. The summed E-state index contributed by atoms with van der Waals surface area (Å²) in [5.74, 6) is -0.0905. The first-order valence-corrected chi connectivity index (χ1v) is 6.77. The molecule has 5 nitrogen and oxygen atoms in total. The summed E-state index contributed by atoms with van der Waals surface area (Å²) in [6, 6.07) is 9.53. The quantitative estimate of drug-likeness (QED) is 0.851. The molecule has 1 aromatic rings. The Labute approximate surface area is 124 Å². The third-order valence-electron chi connectivity index (χ3n) is 3.69. The molecular weight excluding hydrogens is 268 g/mol. The first-order chi connectivity index (χ1) is 10.2. The third-order valence-corrected chi connectivity index (χ3v) is 3.69. The van der Waals surface area contributed by atoms with Gasteiger partial charge in [-0.15, -0.1) is 0 Å². The van der Waals surface area contributed by atoms with Gasteiger partial charge in [0.1, 0.15) is 17.4 Å². The van der Waals surface area contributed by atoms with Crippen molar-refractivity contribution >= 4 is 11.5 Å². The van der Waals surface area contributed by atoms with Gasteiger partial charge in [0.2, 0.25) is 0 Å². The number of nitrogens with two attached hydrogens (primary N) is 1. The average molecular weight is 288 g/mol. The van der Waals surface area contributed by atoms with Crippen molar-refractivity contribution in [2.24, 2.45) is 10.7 Å². The molecule has 2 rings (SSSR count). The van der Waals surface area contributed by atoms with E-state index in [-0.39, 0.29) is 18.7 Å². The van der Waals surface area contributed by atoms with Crippen LogP contribution in [0, 0.1) is 0 Å². The van der Waals surface area contributed by atoms with Crippen molar-refractivity contribution < 1.29 is 14.3 Å². The van der Waals surface area contributed by atoms with E-state index >= 15 is 0 Å². The smallest absolute Gasteiger partial charge is 0.184 e. The maximum Gasteiger partial charge on any atom is 0.184 e. The summed E-state index contributed by atoms with van der Waals surface area (Å²) in [6.07, 6.45) is 2.97. The minimum Gasteiger partial charge on any atom is -0.372 e. The number of carbonyl (C=O) groups excluding carboxylic acids is 1. The Morgan fingerprint density at radius 3 is 2.62 bits per heavy atom. The summed E-state index contributed by atoms with van der Waals surface area (Å²) in [4.78, 5) is 16.7. The van der Waals surface area contributed by atoms with E-state index in [0.717, 1.165) is 5.56 Å². The Bertz CT molecular complexity index is 548. The van der Waals surface area contributed by atoms with E-state index in [1.165, 1.54) is 7.11 Å². The highest BCUT2D eigenvalue weighted by Gasteiger charge is 2.43. The lowest BCUT2D eigenvalue weighted by Gasteiger charge is -2.37. The Morgan fingerprint density at radius 2 is 2.05 bits per heavy atom. The molecule has 2 atom stereocenters. The number of carbonyl (C=O) groups is 1. The maximum absolute atomic E-state index is 12.5. The number of Topliss-reactive ketones (excluding diaryl/α,β-unsaturated/α-hetero) is 1. The molecule has 0 spiro atoms. The summed E-state index contributed by atoms with van der Waals surface area (Å²) in [7, 11) is 3.08.